The molecule has 1 aliphatic rings. The molecule has 0 spiro atoms. The first-order valence-electron chi connectivity index (χ1n) is 7.71. The van der Waals surface area contributed by atoms with E-state index in [0.29, 0.717) is 0 Å². The van der Waals surface area contributed by atoms with Crippen molar-refractivity contribution in [3.8, 4) is 0 Å². The SMILES string of the molecule is CC1CCCCC1CNCc1[nH]c2ccccc2c1Cl. The van der Waals surface area contributed by atoms with Crippen LogP contribution in [0.5, 0.6) is 0 Å². The fraction of sp³-hybridized carbons (Fsp3) is 0.529. The Balaban J connectivity index is 1.61. The summed E-state index contributed by atoms with van der Waals surface area (Å²) in [6, 6.07) is 8.22. The summed E-state index contributed by atoms with van der Waals surface area (Å²) in [6.45, 7) is 4.32. The van der Waals surface area contributed by atoms with E-state index < -0.39 is 0 Å². The lowest BCUT2D eigenvalue weighted by atomic mass is 9.80. The van der Waals surface area contributed by atoms with E-state index in [4.69, 9.17) is 11.6 Å². The first kappa shape index (κ1) is 14.0. The molecule has 0 aliphatic heterocycles. The Kier molecular flexibility index (Phi) is 4.32. The number of hydrogen-bond donors (Lipinski definition) is 2. The van der Waals surface area contributed by atoms with Gasteiger partial charge in [-0.1, -0.05) is 56.0 Å². The normalized spacial score (nSPS) is 23.3. The molecule has 0 amide bonds. The molecule has 1 saturated carbocycles. The molecule has 20 heavy (non-hydrogen) atoms. The molecule has 0 saturated heterocycles. The van der Waals surface area contributed by atoms with Gasteiger partial charge in [-0.3, -0.25) is 0 Å². The number of aromatic nitrogens is 1. The molecule has 3 heteroatoms. The Labute approximate surface area is 125 Å². The molecule has 2 nitrogen and oxygen atoms in total. The summed E-state index contributed by atoms with van der Waals surface area (Å²) >= 11 is 6.44. The van der Waals surface area contributed by atoms with Crippen molar-refractivity contribution in [3.63, 3.8) is 0 Å². The number of rotatable bonds is 4. The van der Waals surface area contributed by atoms with Crippen molar-refractivity contribution in [2.24, 2.45) is 11.8 Å². The molecule has 108 valence electrons. The van der Waals surface area contributed by atoms with Crippen molar-refractivity contribution in [1.29, 1.82) is 0 Å². The number of hydrogen-bond acceptors (Lipinski definition) is 1. The van der Waals surface area contributed by atoms with Gasteiger partial charge in [0.1, 0.15) is 0 Å². The first-order chi connectivity index (χ1) is 9.75. The summed E-state index contributed by atoms with van der Waals surface area (Å²) < 4.78 is 0. The van der Waals surface area contributed by atoms with Crippen molar-refractivity contribution >= 4 is 22.5 Å². The first-order valence-corrected chi connectivity index (χ1v) is 8.09. The van der Waals surface area contributed by atoms with Crippen molar-refractivity contribution in [2.75, 3.05) is 6.54 Å². The number of halogens is 1. The zero-order valence-corrected chi connectivity index (χ0v) is 12.8. The second-order valence-corrected chi connectivity index (χ2v) is 6.49. The van der Waals surface area contributed by atoms with E-state index in [1.54, 1.807) is 0 Å². The van der Waals surface area contributed by atoms with Gasteiger partial charge in [0.15, 0.2) is 0 Å². The van der Waals surface area contributed by atoms with E-state index in [0.717, 1.165) is 46.5 Å². The van der Waals surface area contributed by atoms with Gasteiger partial charge in [0, 0.05) is 23.1 Å². The summed E-state index contributed by atoms with van der Waals surface area (Å²) in [6.07, 6.45) is 5.56. The highest BCUT2D eigenvalue weighted by molar-refractivity contribution is 6.36. The molecular weight excluding hydrogens is 268 g/mol. The van der Waals surface area contributed by atoms with E-state index in [9.17, 15) is 0 Å². The van der Waals surface area contributed by atoms with E-state index in [1.165, 1.54) is 25.7 Å². The number of H-pyrrole nitrogens is 1. The van der Waals surface area contributed by atoms with Crippen LogP contribution in [0, 0.1) is 11.8 Å². The van der Waals surface area contributed by atoms with Crippen molar-refractivity contribution in [2.45, 2.75) is 39.2 Å². The number of aromatic amines is 1. The van der Waals surface area contributed by atoms with Crippen LogP contribution in [-0.2, 0) is 6.54 Å². The maximum absolute atomic E-state index is 6.44. The predicted molar refractivity (Wildman–Crippen MR) is 86.1 cm³/mol. The highest BCUT2D eigenvalue weighted by atomic mass is 35.5. The molecule has 2 atom stereocenters. The lowest BCUT2D eigenvalue weighted by Gasteiger charge is -2.28. The van der Waals surface area contributed by atoms with Gasteiger partial charge < -0.3 is 10.3 Å². The summed E-state index contributed by atoms with van der Waals surface area (Å²) in [7, 11) is 0. The monoisotopic (exact) mass is 290 g/mol. The van der Waals surface area contributed by atoms with E-state index >= 15 is 0 Å². The number of fused-ring (bicyclic) bond motifs is 1. The minimum Gasteiger partial charge on any atom is -0.356 e. The van der Waals surface area contributed by atoms with Crippen molar-refractivity contribution in [1.82, 2.24) is 10.3 Å². The predicted octanol–water partition coefficient (Wildman–Crippen LogP) is 4.74. The van der Waals surface area contributed by atoms with Gasteiger partial charge in [0.25, 0.3) is 0 Å². The molecule has 0 radical (unpaired) electrons. The number of nitrogens with one attached hydrogen (secondary N) is 2. The second kappa shape index (κ2) is 6.19. The highest BCUT2D eigenvalue weighted by Gasteiger charge is 2.20. The average molecular weight is 291 g/mol. The fourth-order valence-electron chi connectivity index (χ4n) is 3.36. The van der Waals surface area contributed by atoms with Crippen molar-refractivity contribution < 1.29 is 0 Å². The summed E-state index contributed by atoms with van der Waals surface area (Å²) in [4.78, 5) is 3.42. The Bertz CT molecular complexity index is 575. The summed E-state index contributed by atoms with van der Waals surface area (Å²) in [5.74, 6) is 1.68. The molecular formula is C17H23ClN2. The largest absolute Gasteiger partial charge is 0.356 e. The van der Waals surface area contributed by atoms with Gasteiger partial charge in [0.2, 0.25) is 0 Å². The van der Waals surface area contributed by atoms with Crippen LogP contribution < -0.4 is 5.32 Å². The van der Waals surface area contributed by atoms with E-state index in [-0.39, 0.29) is 0 Å². The van der Waals surface area contributed by atoms with Crippen LogP contribution in [-0.4, -0.2) is 11.5 Å². The van der Waals surface area contributed by atoms with Crippen molar-refractivity contribution in [3.05, 3.63) is 35.0 Å². The molecule has 2 aromatic rings. The third-order valence-corrected chi connectivity index (χ3v) is 5.14. The van der Waals surface area contributed by atoms with Gasteiger partial charge in [-0.25, -0.2) is 0 Å². The van der Waals surface area contributed by atoms with E-state index in [2.05, 4.69) is 29.4 Å². The maximum Gasteiger partial charge on any atom is 0.0705 e. The third-order valence-electron chi connectivity index (χ3n) is 4.71. The quantitative estimate of drug-likeness (QED) is 0.836. The van der Waals surface area contributed by atoms with E-state index in [1.807, 2.05) is 12.1 Å². The zero-order valence-electron chi connectivity index (χ0n) is 12.1. The Morgan fingerprint density at radius 2 is 2.05 bits per heavy atom. The van der Waals surface area contributed by atoms with Gasteiger partial charge in [-0.05, 0) is 30.9 Å². The van der Waals surface area contributed by atoms with Gasteiger partial charge >= 0.3 is 0 Å². The number of benzene rings is 1. The molecule has 3 rings (SSSR count). The summed E-state index contributed by atoms with van der Waals surface area (Å²) in [5, 5.41) is 5.58. The highest BCUT2D eigenvalue weighted by Crippen LogP contribution is 2.30. The smallest absolute Gasteiger partial charge is 0.0705 e. The van der Waals surface area contributed by atoms with Crippen LogP contribution in [0.15, 0.2) is 24.3 Å². The molecule has 0 bridgehead atoms. The van der Waals surface area contributed by atoms with Crippen LogP contribution >= 0.6 is 11.6 Å². The Morgan fingerprint density at radius 3 is 2.85 bits per heavy atom. The minimum absolute atomic E-state index is 0.826. The van der Waals surface area contributed by atoms with Crippen LogP contribution in [0.25, 0.3) is 10.9 Å². The van der Waals surface area contributed by atoms with Crippen LogP contribution in [0.1, 0.15) is 38.3 Å². The summed E-state index contributed by atoms with van der Waals surface area (Å²) in [5.41, 5.74) is 2.23. The maximum atomic E-state index is 6.44. The average Bonchev–Trinajstić information content (AvgIpc) is 2.78. The fourth-order valence-corrected chi connectivity index (χ4v) is 3.64. The topological polar surface area (TPSA) is 27.8 Å². The Hall–Kier alpha value is -0.990. The Morgan fingerprint density at radius 1 is 1.25 bits per heavy atom. The molecule has 1 heterocycles. The number of para-hydroxylation sites is 1. The molecule has 1 aliphatic carbocycles. The lowest BCUT2D eigenvalue weighted by molar-refractivity contribution is 0.247. The molecule has 1 fully saturated rings. The van der Waals surface area contributed by atoms with Gasteiger partial charge in [-0.15, -0.1) is 0 Å². The minimum atomic E-state index is 0.826. The van der Waals surface area contributed by atoms with Crippen LogP contribution in [0.4, 0.5) is 0 Å². The molecule has 1 aromatic carbocycles. The zero-order chi connectivity index (χ0) is 13.9. The lowest BCUT2D eigenvalue weighted by Crippen LogP contribution is -2.29. The second-order valence-electron chi connectivity index (χ2n) is 6.12. The molecule has 1 aromatic heterocycles. The third kappa shape index (κ3) is 2.87. The van der Waals surface area contributed by atoms with Gasteiger partial charge in [0.05, 0.1) is 5.02 Å². The molecule has 2 unspecified atom stereocenters. The standard InChI is InChI=1S/C17H23ClN2/c1-12-6-2-3-7-13(12)10-19-11-16-17(18)14-8-4-5-9-15(14)20-16/h4-5,8-9,12-13,19-20H,2-3,6-7,10-11H2,1H3. The van der Waals surface area contributed by atoms with Crippen LogP contribution in [0.3, 0.4) is 0 Å². The van der Waals surface area contributed by atoms with Crippen LogP contribution in [0.2, 0.25) is 5.02 Å². The van der Waals surface area contributed by atoms with Gasteiger partial charge in [-0.2, -0.15) is 0 Å². The molecule has 2 N–H and O–H groups in total.